The van der Waals surface area contributed by atoms with Crippen LogP contribution in [0.25, 0.3) is 21.4 Å². The summed E-state index contributed by atoms with van der Waals surface area (Å²) < 4.78 is 5.41. The molecule has 0 amide bonds. The molecule has 6 heteroatoms. The smallest absolute Gasteiger partial charge is 0.345 e. The van der Waals surface area contributed by atoms with E-state index >= 15 is 0 Å². The third-order valence-corrected chi connectivity index (χ3v) is 5.20. The van der Waals surface area contributed by atoms with Crippen LogP contribution >= 0.6 is 22.9 Å². The summed E-state index contributed by atoms with van der Waals surface area (Å²) >= 11 is 7.50. The van der Waals surface area contributed by atoms with Crippen LogP contribution < -0.4 is 10.9 Å². The summed E-state index contributed by atoms with van der Waals surface area (Å²) in [4.78, 5) is 17.5. The number of hydrogen-bond acceptors (Lipinski definition) is 5. The van der Waals surface area contributed by atoms with Gasteiger partial charge in [0.1, 0.15) is 0 Å². The second kappa shape index (κ2) is 6.59. The first-order chi connectivity index (χ1) is 12.5. The minimum Gasteiger partial charge on any atom is -0.421 e. The number of rotatable bonds is 3. The second-order valence-corrected chi connectivity index (χ2v) is 7.57. The number of fused-ring (bicyclic) bond motifs is 1. The van der Waals surface area contributed by atoms with Gasteiger partial charge in [-0.3, -0.25) is 0 Å². The normalized spacial score (nSPS) is 11.0. The average molecular weight is 383 g/mol. The van der Waals surface area contributed by atoms with Gasteiger partial charge in [0.05, 0.1) is 15.5 Å². The molecule has 0 radical (unpaired) electrons. The van der Waals surface area contributed by atoms with Crippen LogP contribution in [0.15, 0.2) is 57.9 Å². The molecule has 0 aliphatic heterocycles. The quantitative estimate of drug-likeness (QED) is 0.446. The van der Waals surface area contributed by atoms with Gasteiger partial charge in [-0.15, -0.1) is 0 Å². The third-order valence-electron chi connectivity index (χ3n) is 3.96. The van der Waals surface area contributed by atoms with E-state index in [0.717, 1.165) is 21.1 Å². The van der Waals surface area contributed by atoms with E-state index in [1.54, 1.807) is 18.3 Å². The summed E-state index contributed by atoms with van der Waals surface area (Å²) in [6.45, 7) is 4.10. The van der Waals surface area contributed by atoms with E-state index in [-0.39, 0.29) is 0 Å². The summed E-state index contributed by atoms with van der Waals surface area (Å²) in [6, 6.07) is 13.4. The molecule has 4 aromatic rings. The molecule has 0 spiro atoms. The lowest BCUT2D eigenvalue weighted by Gasteiger charge is -2.05. The van der Waals surface area contributed by atoms with Crippen LogP contribution in [-0.4, -0.2) is 4.98 Å². The number of halogens is 1. The van der Waals surface area contributed by atoms with Gasteiger partial charge >= 0.3 is 5.63 Å². The summed E-state index contributed by atoms with van der Waals surface area (Å²) in [5.74, 6) is 0. The number of aryl methyl sites for hydroxylation is 2. The van der Waals surface area contributed by atoms with Crippen molar-refractivity contribution in [3.63, 3.8) is 0 Å². The molecule has 0 fully saturated rings. The highest BCUT2D eigenvalue weighted by molar-refractivity contribution is 7.18. The van der Waals surface area contributed by atoms with Crippen molar-refractivity contribution in [1.29, 1.82) is 0 Å². The van der Waals surface area contributed by atoms with E-state index in [0.29, 0.717) is 16.2 Å². The monoisotopic (exact) mass is 382 g/mol. The number of anilines is 2. The molecule has 0 unspecified atom stereocenters. The van der Waals surface area contributed by atoms with E-state index in [4.69, 9.17) is 16.0 Å². The van der Waals surface area contributed by atoms with Crippen molar-refractivity contribution in [3.8, 4) is 10.4 Å². The Hall–Kier alpha value is -2.63. The van der Waals surface area contributed by atoms with Gasteiger partial charge in [-0.1, -0.05) is 41.1 Å². The minimum absolute atomic E-state index is 0.404. The van der Waals surface area contributed by atoms with E-state index in [1.165, 1.54) is 22.5 Å². The molecule has 26 heavy (non-hydrogen) atoms. The van der Waals surface area contributed by atoms with Crippen molar-refractivity contribution in [2.45, 2.75) is 13.8 Å². The molecule has 4 rings (SSSR count). The lowest BCUT2D eigenvalue weighted by atomic mass is 10.1. The zero-order valence-electron chi connectivity index (χ0n) is 14.2. The molecule has 1 N–H and O–H groups in total. The molecule has 0 saturated carbocycles. The largest absolute Gasteiger partial charge is 0.421 e. The molecule has 0 aliphatic rings. The maximum absolute atomic E-state index is 12.4. The van der Waals surface area contributed by atoms with Crippen LogP contribution in [0.2, 0.25) is 5.02 Å². The SMILES string of the molecule is Cc1cc(C)cc(Nc2ncc(-c3cc4cccc(Cl)c4oc3=O)s2)c1. The molecule has 0 atom stereocenters. The first-order valence-electron chi connectivity index (χ1n) is 8.03. The zero-order valence-corrected chi connectivity index (χ0v) is 15.7. The number of nitrogens with one attached hydrogen (secondary N) is 1. The molecule has 0 saturated heterocycles. The Labute approximate surface area is 159 Å². The standard InChI is InChI=1S/C20H15ClN2O2S/c1-11-6-12(2)8-14(7-11)23-20-22-10-17(26-20)15-9-13-4-3-5-16(21)18(13)25-19(15)24/h3-10H,1-2H3,(H,22,23). The zero-order chi connectivity index (χ0) is 18.3. The summed E-state index contributed by atoms with van der Waals surface area (Å²) in [5, 5.41) is 5.22. The number of thiazole rings is 1. The summed E-state index contributed by atoms with van der Waals surface area (Å²) in [7, 11) is 0. The number of benzene rings is 2. The van der Waals surface area contributed by atoms with Crippen molar-refractivity contribution in [1.82, 2.24) is 4.98 Å². The molecular formula is C20H15ClN2O2S. The number of para-hydroxylation sites is 1. The highest BCUT2D eigenvalue weighted by Gasteiger charge is 2.13. The molecule has 4 nitrogen and oxygen atoms in total. The fraction of sp³-hybridized carbons (Fsp3) is 0.100. The van der Waals surface area contributed by atoms with Gasteiger partial charge in [0, 0.05) is 17.3 Å². The number of hydrogen-bond donors (Lipinski definition) is 1. The average Bonchev–Trinajstić information content (AvgIpc) is 3.02. The molecule has 2 aromatic heterocycles. The molecule has 2 heterocycles. The number of aromatic nitrogens is 1. The first-order valence-corrected chi connectivity index (χ1v) is 9.23. The maximum Gasteiger partial charge on any atom is 0.345 e. The van der Waals surface area contributed by atoms with Crippen molar-refractivity contribution < 1.29 is 4.42 Å². The molecular weight excluding hydrogens is 368 g/mol. The van der Waals surface area contributed by atoms with Gasteiger partial charge < -0.3 is 9.73 Å². The van der Waals surface area contributed by atoms with Crippen molar-refractivity contribution in [3.05, 3.63) is 75.2 Å². The summed E-state index contributed by atoms with van der Waals surface area (Å²) in [6.07, 6.45) is 1.68. The second-order valence-electron chi connectivity index (χ2n) is 6.14. The van der Waals surface area contributed by atoms with Gasteiger partial charge in [0.15, 0.2) is 10.7 Å². The van der Waals surface area contributed by atoms with Crippen LogP contribution in [0.1, 0.15) is 11.1 Å². The fourth-order valence-electron chi connectivity index (χ4n) is 2.91. The minimum atomic E-state index is -0.424. The molecule has 0 bridgehead atoms. The van der Waals surface area contributed by atoms with Gasteiger partial charge in [0.25, 0.3) is 0 Å². The van der Waals surface area contributed by atoms with Crippen LogP contribution in [0.4, 0.5) is 10.8 Å². The van der Waals surface area contributed by atoms with Gasteiger partial charge in [-0.25, -0.2) is 9.78 Å². The number of nitrogens with zero attached hydrogens (tertiary/aromatic N) is 1. The highest BCUT2D eigenvalue weighted by atomic mass is 35.5. The van der Waals surface area contributed by atoms with Crippen molar-refractivity contribution in [2.24, 2.45) is 0 Å². The lowest BCUT2D eigenvalue weighted by Crippen LogP contribution is -2.01. The van der Waals surface area contributed by atoms with Gasteiger partial charge in [-0.2, -0.15) is 0 Å². The van der Waals surface area contributed by atoms with E-state index in [1.807, 2.05) is 12.1 Å². The summed E-state index contributed by atoms with van der Waals surface area (Å²) in [5.41, 5.74) is 3.78. The Morgan fingerprint density at radius 3 is 2.65 bits per heavy atom. The Kier molecular flexibility index (Phi) is 4.26. The van der Waals surface area contributed by atoms with Crippen molar-refractivity contribution in [2.75, 3.05) is 5.32 Å². The van der Waals surface area contributed by atoms with Crippen molar-refractivity contribution >= 4 is 44.7 Å². The predicted octanol–water partition coefficient (Wildman–Crippen LogP) is 5.93. The van der Waals surface area contributed by atoms with E-state index < -0.39 is 5.63 Å². The van der Waals surface area contributed by atoms with E-state index in [2.05, 4.69) is 42.3 Å². The Morgan fingerprint density at radius 2 is 1.88 bits per heavy atom. The molecule has 0 aliphatic carbocycles. The predicted molar refractivity (Wildman–Crippen MR) is 108 cm³/mol. The van der Waals surface area contributed by atoms with Gasteiger partial charge in [0.2, 0.25) is 0 Å². The first kappa shape index (κ1) is 16.8. The lowest BCUT2D eigenvalue weighted by molar-refractivity contribution is 0.564. The Balaban J connectivity index is 1.71. The van der Waals surface area contributed by atoms with Gasteiger partial charge in [-0.05, 0) is 49.2 Å². The van der Waals surface area contributed by atoms with Crippen LogP contribution in [-0.2, 0) is 0 Å². The fourth-order valence-corrected chi connectivity index (χ4v) is 3.97. The highest BCUT2D eigenvalue weighted by Crippen LogP contribution is 2.32. The molecule has 130 valence electrons. The van der Waals surface area contributed by atoms with Crippen LogP contribution in [0, 0.1) is 13.8 Å². The maximum atomic E-state index is 12.4. The van der Waals surface area contributed by atoms with E-state index in [9.17, 15) is 4.79 Å². The van der Waals surface area contributed by atoms with Crippen LogP contribution in [0.3, 0.4) is 0 Å². The Morgan fingerprint density at radius 1 is 1.12 bits per heavy atom. The third kappa shape index (κ3) is 3.23. The topological polar surface area (TPSA) is 55.1 Å². The molecule has 2 aromatic carbocycles. The Bertz CT molecular complexity index is 1160. The van der Waals surface area contributed by atoms with Crippen LogP contribution in [0.5, 0.6) is 0 Å².